The van der Waals surface area contributed by atoms with E-state index in [1.807, 2.05) is 0 Å². The monoisotopic (exact) mass is 488 g/mol. The number of furan rings is 1. The van der Waals surface area contributed by atoms with Gasteiger partial charge in [-0.05, 0) is 48.5 Å². The number of esters is 1. The zero-order valence-corrected chi connectivity index (χ0v) is 19.6. The third-order valence-electron chi connectivity index (χ3n) is 4.53. The maximum absolute atomic E-state index is 12.3. The van der Waals surface area contributed by atoms with Crippen LogP contribution in [-0.4, -0.2) is 52.4 Å². The number of benzene rings is 2. The number of sulfonamides is 1. The number of hydrogen-bond acceptors (Lipinski definition) is 8. The standard InChI is InChI=1S/C23H24N2O8S/c1-25(2)34(28,29)22-12-11-20(33-22)14-32-23(27)16-7-9-18(10-8-16)31-15-21(26)24-17-5-4-6-19(13-17)30-3/h4-13H,14-15H2,1-3H3,(H,24,26). The lowest BCUT2D eigenvalue weighted by Gasteiger charge is -2.09. The predicted molar refractivity (Wildman–Crippen MR) is 122 cm³/mol. The number of hydrogen-bond donors (Lipinski definition) is 1. The molecule has 1 heterocycles. The second kappa shape index (κ2) is 10.9. The first kappa shape index (κ1) is 24.8. The highest BCUT2D eigenvalue weighted by Crippen LogP contribution is 2.19. The predicted octanol–water partition coefficient (Wildman–Crippen LogP) is 2.91. The van der Waals surface area contributed by atoms with E-state index >= 15 is 0 Å². The molecule has 1 amide bonds. The van der Waals surface area contributed by atoms with Crippen molar-refractivity contribution >= 4 is 27.6 Å². The molecular weight excluding hydrogens is 464 g/mol. The highest BCUT2D eigenvalue weighted by Gasteiger charge is 2.22. The molecule has 1 aromatic heterocycles. The molecule has 0 fully saturated rings. The summed E-state index contributed by atoms with van der Waals surface area (Å²) in [6.45, 7) is -0.456. The molecular formula is C23H24N2O8S. The first-order valence-electron chi connectivity index (χ1n) is 10.0. The van der Waals surface area contributed by atoms with Crippen LogP contribution in [0.2, 0.25) is 0 Å². The largest absolute Gasteiger partial charge is 0.497 e. The van der Waals surface area contributed by atoms with Crippen LogP contribution >= 0.6 is 0 Å². The van der Waals surface area contributed by atoms with Crippen molar-refractivity contribution < 1.29 is 36.6 Å². The van der Waals surface area contributed by atoms with E-state index in [1.165, 1.54) is 57.6 Å². The lowest BCUT2D eigenvalue weighted by atomic mass is 10.2. The van der Waals surface area contributed by atoms with E-state index in [4.69, 9.17) is 18.6 Å². The highest BCUT2D eigenvalue weighted by molar-refractivity contribution is 7.88. The summed E-state index contributed by atoms with van der Waals surface area (Å²) >= 11 is 0. The Morgan fingerprint density at radius 3 is 2.41 bits per heavy atom. The zero-order chi connectivity index (χ0) is 24.7. The molecule has 0 aliphatic heterocycles. The molecule has 1 N–H and O–H groups in total. The second-order valence-electron chi connectivity index (χ2n) is 7.18. The van der Waals surface area contributed by atoms with E-state index in [0.29, 0.717) is 17.2 Å². The number of rotatable bonds is 10. The van der Waals surface area contributed by atoms with Crippen molar-refractivity contribution in [1.82, 2.24) is 4.31 Å². The van der Waals surface area contributed by atoms with Crippen molar-refractivity contribution in [2.45, 2.75) is 11.7 Å². The van der Waals surface area contributed by atoms with Gasteiger partial charge in [-0.25, -0.2) is 17.5 Å². The van der Waals surface area contributed by atoms with Gasteiger partial charge in [-0.3, -0.25) is 4.79 Å². The van der Waals surface area contributed by atoms with Gasteiger partial charge in [0.25, 0.3) is 15.9 Å². The van der Waals surface area contributed by atoms with Crippen LogP contribution in [0, 0.1) is 0 Å². The van der Waals surface area contributed by atoms with Gasteiger partial charge in [-0.2, -0.15) is 0 Å². The van der Waals surface area contributed by atoms with Gasteiger partial charge in [0.15, 0.2) is 6.61 Å². The molecule has 0 atom stereocenters. The molecule has 0 aliphatic rings. The van der Waals surface area contributed by atoms with E-state index in [1.54, 1.807) is 24.3 Å². The van der Waals surface area contributed by atoms with E-state index in [2.05, 4.69) is 5.32 Å². The number of ether oxygens (including phenoxy) is 3. The summed E-state index contributed by atoms with van der Waals surface area (Å²) in [6, 6.07) is 15.7. The molecule has 0 radical (unpaired) electrons. The lowest BCUT2D eigenvalue weighted by molar-refractivity contribution is -0.118. The summed E-state index contributed by atoms with van der Waals surface area (Å²) in [5.74, 6) is 0.214. The van der Waals surface area contributed by atoms with Gasteiger partial charge in [0, 0.05) is 25.8 Å². The molecule has 10 nitrogen and oxygen atoms in total. The van der Waals surface area contributed by atoms with Crippen LogP contribution in [0.25, 0.3) is 0 Å². The van der Waals surface area contributed by atoms with E-state index in [9.17, 15) is 18.0 Å². The van der Waals surface area contributed by atoms with Crippen LogP contribution in [0.5, 0.6) is 11.5 Å². The maximum atomic E-state index is 12.3. The highest BCUT2D eigenvalue weighted by atomic mass is 32.2. The summed E-state index contributed by atoms with van der Waals surface area (Å²) in [7, 11) is 0.605. The summed E-state index contributed by atoms with van der Waals surface area (Å²) in [6.07, 6.45) is 0. The van der Waals surface area contributed by atoms with Gasteiger partial charge in [-0.15, -0.1) is 0 Å². The SMILES string of the molecule is COc1cccc(NC(=O)COc2ccc(C(=O)OCc3ccc(S(=O)(=O)N(C)C)o3)cc2)c1. The Bertz CT molecular complexity index is 1250. The van der Waals surface area contributed by atoms with E-state index in [-0.39, 0.29) is 35.5 Å². The molecule has 11 heteroatoms. The third-order valence-corrected chi connectivity index (χ3v) is 6.22. The summed E-state index contributed by atoms with van der Waals surface area (Å²) in [5, 5.41) is 2.46. The molecule has 0 unspecified atom stereocenters. The average molecular weight is 489 g/mol. The van der Waals surface area contributed by atoms with Crippen molar-refractivity contribution in [3.05, 3.63) is 72.0 Å². The van der Waals surface area contributed by atoms with Crippen LogP contribution in [0.1, 0.15) is 16.1 Å². The van der Waals surface area contributed by atoms with Crippen molar-refractivity contribution in [2.24, 2.45) is 0 Å². The number of anilines is 1. The number of nitrogens with one attached hydrogen (secondary N) is 1. The molecule has 0 bridgehead atoms. The van der Waals surface area contributed by atoms with Crippen molar-refractivity contribution in [3.63, 3.8) is 0 Å². The number of methoxy groups -OCH3 is 1. The van der Waals surface area contributed by atoms with Gasteiger partial charge in [0.1, 0.15) is 23.9 Å². The van der Waals surface area contributed by atoms with E-state index in [0.717, 1.165) is 4.31 Å². The quantitative estimate of drug-likeness (QED) is 0.432. The zero-order valence-electron chi connectivity index (χ0n) is 18.8. The first-order chi connectivity index (χ1) is 16.2. The third kappa shape index (κ3) is 6.36. The number of carbonyl (C=O) groups is 2. The van der Waals surface area contributed by atoms with Crippen LogP contribution in [-0.2, 0) is 26.2 Å². The topological polar surface area (TPSA) is 124 Å². The Hall–Kier alpha value is -3.83. The summed E-state index contributed by atoms with van der Waals surface area (Å²) in [5.41, 5.74) is 0.829. The minimum Gasteiger partial charge on any atom is -0.497 e. The lowest BCUT2D eigenvalue weighted by Crippen LogP contribution is -2.21. The van der Waals surface area contributed by atoms with E-state index < -0.39 is 16.0 Å². The summed E-state index contributed by atoms with van der Waals surface area (Å²) in [4.78, 5) is 24.3. The molecule has 2 aromatic carbocycles. The smallest absolute Gasteiger partial charge is 0.338 e. The minimum atomic E-state index is -3.71. The normalized spacial score (nSPS) is 11.2. The van der Waals surface area contributed by atoms with Gasteiger partial charge in [0.05, 0.1) is 12.7 Å². The van der Waals surface area contributed by atoms with Gasteiger partial charge in [0.2, 0.25) is 5.09 Å². The molecule has 0 aliphatic carbocycles. The molecule has 0 saturated carbocycles. The maximum Gasteiger partial charge on any atom is 0.338 e. The van der Waals surface area contributed by atoms with Crippen LogP contribution in [0.4, 0.5) is 5.69 Å². The molecule has 3 aromatic rings. The van der Waals surface area contributed by atoms with Crippen molar-refractivity contribution in [2.75, 3.05) is 33.1 Å². The Morgan fingerprint density at radius 2 is 1.74 bits per heavy atom. The molecule has 34 heavy (non-hydrogen) atoms. The van der Waals surface area contributed by atoms with Gasteiger partial charge in [-0.1, -0.05) is 6.07 Å². The number of amides is 1. The fourth-order valence-electron chi connectivity index (χ4n) is 2.71. The molecule has 180 valence electrons. The fraction of sp³-hybridized carbons (Fsp3) is 0.217. The Kier molecular flexibility index (Phi) is 7.92. The molecule has 0 spiro atoms. The van der Waals surface area contributed by atoms with Crippen LogP contribution < -0.4 is 14.8 Å². The Labute approximate surface area is 197 Å². The summed E-state index contributed by atoms with van der Waals surface area (Å²) < 4.78 is 46.1. The van der Waals surface area contributed by atoms with Crippen molar-refractivity contribution in [3.8, 4) is 11.5 Å². The van der Waals surface area contributed by atoms with Crippen LogP contribution in [0.3, 0.4) is 0 Å². The number of carbonyl (C=O) groups excluding carboxylic acids is 2. The Balaban J connectivity index is 1.48. The Morgan fingerprint density at radius 1 is 1.00 bits per heavy atom. The fourth-order valence-corrected chi connectivity index (χ4v) is 3.52. The first-order valence-corrected chi connectivity index (χ1v) is 11.5. The minimum absolute atomic E-state index is 0.191. The second-order valence-corrected chi connectivity index (χ2v) is 9.26. The van der Waals surface area contributed by atoms with Crippen molar-refractivity contribution in [1.29, 1.82) is 0 Å². The number of nitrogens with zero attached hydrogens (tertiary/aromatic N) is 1. The van der Waals surface area contributed by atoms with Crippen LogP contribution in [0.15, 0.2) is 70.2 Å². The average Bonchev–Trinajstić information content (AvgIpc) is 3.31. The molecule has 0 saturated heterocycles. The van der Waals surface area contributed by atoms with Gasteiger partial charge >= 0.3 is 5.97 Å². The molecule has 3 rings (SSSR count). The van der Waals surface area contributed by atoms with Gasteiger partial charge < -0.3 is 23.9 Å².